The predicted molar refractivity (Wildman–Crippen MR) is 96.8 cm³/mol. The second-order valence-corrected chi connectivity index (χ2v) is 7.12. The number of methoxy groups -OCH3 is 1. The lowest BCUT2D eigenvalue weighted by Gasteiger charge is -2.32. The van der Waals surface area contributed by atoms with Gasteiger partial charge in [-0.1, -0.05) is 18.2 Å². The quantitative estimate of drug-likeness (QED) is 0.928. The number of ether oxygens (including phenoxy) is 1. The SMILES string of the molecule is COCc1cccc(-c2csc([C@]3(C)CC(=O)N(C)C(N)=N3)c2)c1. The molecule has 0 saturated heterocycles. The van der Waals surface area contributed by atoms with E-state index in [2.05, 4.69) is 28.6 Å². The highest BCUT2D eigenvalue weighted by molar-refractivity contribution is 7.10. The molecule has 0 saturated carbocycles. The summed E-state index contributed by atoms with van der Waals surface area (Å²) in [6, 6.07) is 10.4. The topological polar surface area (TPSA) is 67.9 Å². The summed E-state index contributed by atoms with van der Waals surface area (Å²) in [5, 5.41) is 2.10. The highest BCUT2D eigenvalue weighted by atomic mass is 32.1. The van der Waals surface area contributed by atoms with Gasteiger partial charge in [0.2, 0.25) is 5.91 Å². The van der Waals surface area contributed by atoms with E-state index in [4.69, 9.17) is 10.5 Å². The first-order chi connectivity index (χ1) is 11.4. The maximum absolute atomic E-state index is 12.1. The number of thiophene rings is 1. The summed E-state index contributed by atoms with van der Waals surface area (Å²) in [4.78, 5) is 19.2. The molecule has 5 nitrogen and oxygen atoms in total. The largest absolute Gasteiger partial charge is 0.380 e. The predicted octanol–water partition coefficient (Wildman–Crippen LogP) is 2.95. The van der Waals surface area contributed by atoms with Gasteiger partial charge in [-0.15, -0.1) is 11.3 Å². The number of hydrogen-bond donors (Lipinski definition) is 1. The zero-order valence-corrected chi connectivity index (χ0v) is 14.9. The zero-order valence-electron chi connectivity index (χ0n) is 14.1. The minimum absolute atomic E-state index is 0.0120. The van der Waals surface area contributed by atoms with Crippen LogP contribution in [-0.2, 0) is 21.7 Å². The lowest BCUT2D eigenvalue weighted by Crippen LogP contribution is -2.47. The Hall–Kier alpha value is -2.18. The number of rotatable bonds is 4. The third-order valence-corrected chi connectivity index (χ3v) is 5.46. The molecule has 1 amide bonds. The van der Waals surface area contributed by atoms with Crippen LogP contribution in [0.15, 0.2) is 40.7 Å². The molecule has 1 aliphatic rings. The van der Waals surface area contributed by atoms with Crippen LogP contribution >= 0.6 is 11.3 Å². The molecule has 1 aromatic heterocycles. The number of benzene rings is 1. The molecule has 6 heteroatoms. The minimum Gasteiger partial charge on any atom is -0.380 e. The summed E-state index contributed by atoms with van der Waals surface area (Å²) in [7, 11) is 3.34. The first kappa shape index (κ1) is 16.7. The summed E-state index contributed by atoms with van der Waals surface area (Å²) in [6.45, 7) is 2.55. The Morgan fingerprint density at radius 2 is 2.17 bits per heavy atom. The second kappa shape index (κ2) is 6.37. The summed E-state index contributed by atoms with van der Waals surface area (Å²) < 4.78 is 5.20. The molecular formula is C18H21N3O2S. The van der Waals surface area contributed by atoms with Gasteiger partial charge in [-0.05, 0) is 41.1 Å². The average molecular weight is 343 g/mol. The minimum atomic E-state index is -0.596. The Labute approximate surface area is 145 Å². The number of amides is 1. The summed E-state index contributed by atoms with van der Waals surface area (Å²) in [6.07, 6.45) is 0.327. The van der Waals surface area contributed by atoms with Gasteiger partial charge in [0, 0.05) is 19.0 Å². The van der Waals surface area contributed by atoms with Crippen LogP contribution in [0.2, 0.25) is 0 Å². The van der Waals surface area contributed by atoms with Crippen LogP contribution in [0, 0.1) is 0 Å². The third-order valence-electron chi connectivity index (χ3n) is 4.28. The van der Waals surface area contributed by atoms with Crippen molar-refractivity contribution < 1.29 is 9.53 Å². The van der Waals surface area contributed by atoms with Crippen LogP contribution < -0.4 is 5.73 Å². The number of nitrogens with zero attached hydrogens (tertiary/aromatic N) is 2. The number of guanidine groups is 1. The number of carbonyl (C=O) groups is 1. The second-order valence-electron chi connectivity index (χ2n) is 6.21. The van der Waals surface area contributed by atoms with Crippen molar-refractivity contribution >= 4 is 23.2 Å². The van der Waals surface area contributed by atoms with E-state index in [1.54, 1.807) is 25.5 Å². The van der Waals surface area contributed by atoms with Gasteiger partial charge in [0.05, 0.1) is 13.0 Å². The van der Waals surface area contributed by atoms with Crippen molar-refractivity contribution in [3.05, 3.63) is 46.2 Å². The molecule has 0 spiro atoms. The molecule has 0 unspecified atom stereocenters. The molecule has 2 N–H and O–H groups in total. The molecule has 126 valence electrons. The van der Waals surface area contributed by atoms with Crippen molar-refractivity contribution in [3.8, 4) is 11.1 Å². The molecule has 0 radical (unpaired) electrons. The molecule has 1 aromatic carbocycles. The fourth-order valence-electron chi connectivity index (χ4n) is 2.83. The van der Waals surface area contributed by atoms with Gasteiger partial charge in [-0.3, -0.25) is 9.69 Å². The molecule has 1 aliphatic heterocycles. The molecule has 2 heterocycles. The highest BCUT2D eigenvalue weighted by Gasteiger charge is 2.37. The first-order valence-electron chi connectivity index (χ1n) is 7.72. The number of aliphatic imine (C=N–C) groups is 1. The number of carbonyl (C=O) groups excluding carboxylic acids is 1. The van der Waals surface area contributed by atoms with Crippen LogP contribution in [0.3, 0.4) is 0 Å². The van der Waals surface area contributed by atoms with Crippen LogP contribution in [0.5, 0.6) is 0 Å². The van der Waals surface area contributed by atoms with Crippen LogP contribution in [0.1, 0.15) is 23.8 Å². The van der Waals surface area contributed by atoms with Crippen molar-refractivity contribution in [2.24, 2.45) is 10.7 Å². The van der Waals surface area contributed by atoms with E-state index in [9.17, 15) is 4.79 Å². The standard InChI is InChI=1S/C18H21N3O2S/c1-18(9-16(22)21(2)17(19)20-18)15-8-14(11-24-15)13-6-4-5-12(7-13)10-23-3/h4-8,11H,9-10H2,1-3H3,(H2,19,20)/t18-/m0/s1. The van der Waals surface area contributed by atoms with Crippen LogP contribution in [0.25, 0.3) is 11.1 Å². The van der Waals surface area contributed by atoms with Crippen molar-refractivity contribution in [3.63, 3.8) is 0 Å². The molecule has 3 rings (SSSR count). The van der Waals surface area contributed by atoms with Gasteiger partial charge in [-0.2, -0.15) is 0 Å². The zero-order chi connectivity index (χ0) is 17.3. The van der Waals surface area contributed by atoms with Crippen molar-refractivity contribution in [2.45, 2.75) is 25.5 Å². The van der Waals surface area contributed by atoms with E-state index < -0.39 is 5.54 Å². The maximum atomic E-state index is 12.1. The van der Waals surface area contributed by atoms with E-state index in [1.165, 1.54) is 4.90 Å². The highest BCUT2D eigenvalue weighted by Crippen LogP contribution is 2.39. The van der Waals surface area contributed by atoms with Gasteiger partial charge in [0.25, 0.3) is 0 Å². The van der Waals surface area contributed by atoms with Crippen molar-refractivity contribution in [1.29, 1.82) is 0 Å². The Bertz CT molecular complexity index is 799. The van der Waals surface area contributed by atoms with Crippen molar-refractivity contribution in [2.75, 3.05) is 14.2 Å². The Balaban J connectivity index is 1.93. The fraction of sp³-hybridized carbons (Fsp3) is 0.333. The summed E-state index contributed by atoms with van der Waals surface area (Å²) >= 11 is 1.61. The third kappa shape index (κ3) is 3.07. The Morgan fingerprint density at radius 3 is 2.88 bits per heavy atom. The monoisotopic (exact) mass is 343 g/mol. The maximum Gasteiger partial charge on any atom is 0.231 e. The van der Waals surface area contributed by atoms with Crippen LogP contribution in [-0.4, -0.2) is 30.9 Å². The summed E-state index contributed by atoms with van der Waals surface area (Å²) in [5.74, 6) is 0.257. The van der Waals surface area contributed by atoms with Gasteiger partial charge >= 0.3 is 0 Å². The molecule has 1 atom stereocenters. The smallest absolute Gasteiger partial charge is 0.231 e. The number of hydrogen-bond acceptors (Lipinski definition) is 5. The first-order valence-corrected chi connectivity index (χ1v) is 8.60. The van der Waals surface area contributed by atoms with Gasteiger partial charge < -0.3 is 10.5 Å². The van der Waals surface area contributed by atoms with Gasteiger partial charge in [-0.25, -0.2) is 4.99 Å². The molecule has 0 fully saturated rings. The van der Waals surface area contributed by atoms with Gasteiger partial charge in [0.1, 0.15) is 5.54 Å². The van der Waals surface area contributed by atoms with Crippen molar-refractivity contribution in [1.82, 2.24) is 4.90 Å². The molecule has 2 aromatic rings. The molecule has 0 aliphatic carbocycles. The van der Waals surface area contributed by atoms with Crippen LogP contribution in [0.4, 0.5) is 0 Å². The lowest BCUT2D eigenvalue weighted by atomic mass is 9.93. The fourth-order valence-corrected chi connectivity index (χ4v) is 3.85. The molecular weight excluding hydrogens is 322 g/mol. The lowest BCUT2D eigenvalue weighted by molar-refractivity contribution is -0.128. The van der Waals surface area contributed by atoms with E-state index in [1.807, 2.05) is 19.1 Å². The van der Waals surface area contributed by atoms with Gasteiger partial charge in [0.15, 0.2) is 5.96 Å². The normalized spacial score (nSPS) is 21.0. The Kier molecular flexibility index (Phi) is 4.43. The summed E-state index contributed by atoms with van der Waals surface area (Å²) in [5.41, 5.74) is 8.68. The Morgan fingerprint density at radius 1 is 1.38 bits per heavy atom. The number of nitrogens with two attached hydrogens (primary N) is 1. The van der Waals surface area contributed by atoms with E-state index in [0.717, 1.165) is 21.6 Å². The van der Waals surface area contributed by atoms with E-state index >= 15 is 0 Å². The average Bonchev–Trinajstić information content (AvgIpc) is 3.04. The van der Waals surface area contributed by atoms with E-state index in [-0.39, 0.29) is 11.9 Å². The molecule has 24 heavy (non-hydrogen) atoms. The molecule has 0 bridgehead atoms. The van der Waals surface area contributed by atoms with E-state index in [0.29, 0.717) is 13.0 Å².